The van der Waals surface area contributed by atoms with Crippen LogP contribution in [0, 0.1) is 5.92 Å². The van der Waals surface area contributed by atoms with Gasteiger partial charge in [0.25, 0.3) is 0 Å². The van der Waals surface area contributed by atoms with Crippen LogP contribution in [0.4, 0.5) is 0 Å². The predicted molar refractivity (Wildman–Crippen MR) is 101 cm³/mol. The molecule has 1 fully saturated rings. The number of fused-ring (bicyclic) bond motifs is 1. The van der Waals surface area contributed by atoms with E-state index in [0.29, 0.717) is 12.1 Å². The molecule has 1 aliphatic rings. The van der Waals surface area contributed by atoms with Crippen molar-refractivity contribution in [3.63, 3.8) is 0 Å². The molecule has 5 heteroatoms. The first-order valence-electron chi connectivity index (χ1n) is 9.41. The molecular weight excluding hydrogens is 312 g/mol. The number of hydrogen-bond donors (Lipinski definition) is 1. The van der Waals surface area contributed by atoms with Crippen molar-refractivity contribution in [2.75, 3.05) is 13.6 Å². The van der Waals surface area contributed by atoms with Crippen molar-refractivity contribution < 1.29 is 4.79 Å². The van der Waals surface area contributed by atoms with Gasteiger partial charge in [-0.15, -0.1) is 0 Å². The zero-order valence-corrected chi connectivity index (χ0v) is 16.0. The van der Waals surface area contributed by atoms with Crippen molar-refractivity contribution >= 4 is 16.9 Å². The van der Waals surface area contributed by atoms with Gasteiger partial charge in [-0.25, -0.2) is 4.98 Å². The quantitative estimate of drug-likeness (QED) is 0.904. The fourth-order valence-electron chi connectivity index (χ4n) is 4.21. The molecule has 0 radical (unpaired) electrons. The van der Waals surface area contributed by atoms with Crippen LogP contribution in [0.25, 0.3) is 11.0 Å². The number of aromatic nitrogens is 2. The summed E-state index contributed by atoms with van der Waals surface area (Å²) in [5, 5.41) is 3.23. The average Bonchev–Trinajstić information content (AvgIpc) is 3.14. The normalized spacial score (nSPS) is 22.6. The topological polar surface area (TPSA) is 50.2 Å². The largest absolute Gasteiger partial charge is 0.346 e. The second-order valence-electron chi connectivity index (χ2n) is 7.50. The Balaban J connectivity index is 1.84. The number of hydrogen-bond acceptors (Lipinski definition) is 3. The number of rotatable bonds is 5. The van der Waals surface area contributed by atoms with Gasteiger partial charge in [0, 0.05) is 12.1 Å². The van der Waals surface area contributed by atoms with Crippen LogP contribution in [-0.2, 0) is 4.79 Å². The van der Waals surface area contributed by atoms with E-state index in [1.165, 1.54) is 0 Å². The van der Waals surface area contributed by atoms with E-state index < -0.39 is 0 Å². The van der Waals surface area contributed by atoms with E-state index in [0.717, 1.165) is 36.2 Å². The lowest BCUT2D eigenvalue weighted by molar-refractivity contribution is -0.126. The monoisotopic (exact) mass is 342 g/mol. The third-order valence-corrected chi connectivity index (χ3v) is 5.46. The molecule has 136 valence electrons. The Morgan fingerprint density at radius 2 is 2.04 bits per heavy atom. The first-order chi connectivity index (χ1) is 11.9. The van der Waals surface area contributed by atoms with E-state index in [1.807, 2.05) is 25.1 Å². The lowest BCUT2D eigenvalue weighted by Gasteiger charge is -2.25. The molecule has 3 atom stereocenters. The summed E-state index contributed by atoms with van der Waals surface area (Å²) in [5.41, 5.74) is 2.11. The van der Waals surface area contributed by atoms with E-state index in [9.17, 15) is 4.79 Å². The number of likely N-dealkylation sites (tertiary alicyclic amines) is 1. The van der Waals surface area contributed by atoms with E-state index in [-0.39, 0.29) is 17.9 Å². The van der Waals surface area contributed by atoms with Gasteiger partial charge in [0.2, 0.25) is 5.91 Å². The third-order valence-electron chi connectivity index (χ3n) is 5.46. The number of carbonyl (C=O) groups excluding carboxylic acids is 1. The Morgan fingerprint density at radius 1 is 1.32 bits per heavy atom. The molecule has 25 heavy (non-hydrogen) atoms. The minimum atomic E-state index is -0.106. The Labute approximate surface area is 150 Å². The number of nitrogens with zero attached hydrogens (tertiary/aromatic N) is 3. The van der Waals surface area contributed by atoms with Gasteiger partial charge in [0.15, 0.2) is 0 Å². The van der Waals surface area contributed by atoms with Crippen LogP contribution in [0.3, 0.4) is 0 Å². The van der Waals surface area contributed by atoms with Crippen LogP contribution in [0.1, 0.15) is 58.4 Å². The molecule has 0 bridgehead atoms. The summed E-state index contributed by atoms with van der Waals surface area (Å²) in [6.45, 7) is 9.51. The first-order valence-corrected chi connectivity index (χ1v) is 9.41. The molecule has 1 amide bonds. The summed E-state index contributed by atoms with van der Waals surface area (Å²) < 4.78 is 2.23. The minimum absolute atomic E-state index is 0.0781. The summed E-state index contributed by atoms with van der Waals surface area (Å²) in [6, 6.07) is 8.71. The number of carbonyl (C=O) groups is 1. The predicted octanol–water partition coefficient (Wildman–Crippen LogP) is 3.52. The fourth-order valence-corrected chi connectivity index (χ4v) is 4.21. The molecule has 1 aromatic carbocycles. The molecule has 1 aromatic heterocycles. The van der Waals surface area contributed by atoms with Gasteiger partial charge in [0.1, 0.15) is 5.82 Å². The van der Waals surface area contributed by atoms with Gasteiger partial charge in [-0.3, -0.25) is 4.79 Å². The van der Waals surface area contributed by atoms with Crippen LogP contribution in [0.5, 0.6) is 0 Å². The van der Waals surface area contributed by atoms with Crippen molar-refractivity contribution in [3.8, 4) is 0 Å². The third kappa shape index (κ3) is 3.30. The highest BCUT2D eigenvalue weighted by atomic mass is 16.2. The highest BCUT2D eigenvalue weighted by molar-refractivity contribution is 5.80. The molecule has 2 heterocycles. The van der Waals surface area contributed by atoms with E-state index in [4.69, 9.17) is 4.98 Å². The molecule has 5 nitrogen and oxygen atoms in total. The molecule has 0 aliphatic carbocycles. The molecule has 1 aliphatic heterocycles. The molecule has 0 spiro atoms. The first kappa shape index (κ1) is 17.9. The molecular formula is C20H30N4O. The fraction of sp³-hybridized carbons (Fsp3) is 0.600. The number of nitrogens with one attached hydrogen (secondary N) is 1. The van der Waals surface area contributed by atoms with E-state index in [1.54, 1.807) is 0 Å². The summed E-state index contributed by atoms with van der Waals surface area (Å²) in [5.74, 6) is 1.17. The highest BCUT2D eigenvalue weighted by Gasteiger charge is 2.36. The van der Waals surface area contributed by atoms with Crippen molar-refractivity contribution in [2.45, 2.75) is 58.7 Å². The SMILES string of the molecule is CC[C@@H]1[C@@H](C(=O)N[C@@H](C)c2nc3ccccc3n2C(C)C)CCN1C. The van der Waals surface area contributed by atoms with Crippen LogP contribution < -0.4 is 5.32 Å². The van der Waals surface area contributed by atoms with Crippen molar-refractivity contribution in [3.05, 3.63) is 30.1 Å². The highest BCUT2D eigenvalue weighted by Crippen LogP contribution is 2.28. The lowest BCUT2D eigenvalue weighted by Crippen LogP contribution is -2.40. The van der Waals surface area contributed by atoms with Gasteiger partial charge in [-0.2, -0.15) is 0 Å². The smallest absolute Gasteiger partial charge is 0.225 e. The van der Waals surface area contributed by atoms with Crippen LogP contribution >= 0.6 is 0 Å². The maximum absolute atomic E-state index is 12.9. The van der Waals surface area contributed by atoms with Gasteiger partial charge in [-0.1, -0.05) is 19.1 Å². The zero-order valence-electron chi connectivity index (χ0n) is 16.0. The van der Waals surface area contributed by atoms with Crippen LogP contribution in [-0.4, -0.2) is 40.0 Å². The van der Waals surface area contributed by atoms with E-state index >= 15 is 0 Å². The van der Waals surface area contributed by atoms with Crippen LogP contribution in [0.15, 0.2) is 24.3 Å². The second-order valence-corrected chi connectivity index (χ2v) is 7.50. The Morgan fingerprint density at radius 3 is 2.72 bits per heavy atom. The Kier molecular flexibility index (Phi) is 5.13. The van der Waals surface area contributed by atoms with Crippen molar-refractivity contribution in [1.29, 1.82) is 0 Å². The van der Waals surface area contributed by atoms with Gasteiger partial charge < -0.3 is 14.8 Å². The minimum Gasteiger partial charge on any atom is -0.346 e. The summed E-state index contributed by atoms with van der Waals surface area (Å²) >= 11 is 0. The molecule has 0 unspecified atom stereocenters. The molecule has 1 saturated heterocycles. The Bertz CT molecular complexity index is 751. The lowest BCUT2D eigenvalue weighted by atomic mass is 9.97. The number of para-hydroxylation sites is 2. The van der Waals surface area contributed by atoms with Crippen molar-refractivity contribution in [2.24, 2.45) is 5.92 Å². The Hall–Kier alpha value is -1.88. The molecule has 2 aromatic rings. The second kappa shape index (κ2) is 7.16. The van der Waals surface area contributed by atoms with Crippen molar-refractivity contribution in [1.82, 2.24) is 19.8 Å². The van der Waals surface area contributed by atoms with Gasteiger partial charge in [-0.05, 0) is 59.3 Å². The van der Waals surface area contributed by atoms with E-state index in [2.05, 4.69) is 48.7 Å². The van der Waals surface area contributed by atoms with Gasteiger partial charge in [0.05, 0.1) is 23.0 Å². The number of amides is 1. The average molecular weight is 342 g/mol. The maximum atomic E-state index is 12.9. The molecule has 3 rings (SSSR count). The molecule has 0 saturated carbocycles. The standard InChI is InChI=1S/C20H30N4O/c1-6-17-15(11-12-23(17)5)20(25)21-14(4)19-22-16-9-7-8-10-18(16)24(19)13(2)3/h7-10,13-15,17H,6,11-12H2,1-5H3,(H,21,25)/t14-,15-,17+/m0/s1. The number of benzene rings is 1. The summed E-state index contributed by atoms with van der Waals surface area (Å²) in [6.07, 6.45) is 1.95. The molecule has 1 N–H and O–H groups in total. The maximum Gasteiger partial charge on any atom is 0.225 e. The van der Waals surface area contributed by atoms with Gasteiger partial charge >= 0.3 is 0 Å². The number of imidazole rings is 1. The summed E-state index contributed by atoms with van der Waals surface area (Å²) in [4.78, 5) is 20.0. The van der Waals surface area contributed by atoms with Crippen LogP contribution in [0.2, 0.25) is 0 Å². The zero-order chi connectivity index (χ0) is 18.1. The summed E-state index contributed by atoms with van der Waals surface area (Å²) in [7, 11) is 2.11.